The summed E-state index contributed by atoms with van der Waals surface area (Å²) >= 11 is 0. The average Bonchev–Trinajstić information content (AvgIpc) is 3.36. The summed E-state index contributed by atoms with van der Waals surface area (Å²) in [6.45, 7) is 3.39. The molecule has 2 fully saturated rings. The van der Waals surface area contributed by atoms with Gasteiger partial charge in [0.05, 0.1) is 0 Å². The zero-order valence-electron chi connectivity index (χ0n) is 20.4. The van der Waals surface area contributed by atoms with E-state index in [0.29, 0.717) is 32.6 Å². The second kappa shape index (κ2) is 10.6. The van der Waals surface area contributed by atoms with Crippen molar-refractivity contribution in [3.8, 4) is 0 Å². The molecular weight excluding hydrogens is 438 g/mol. The number of aryl methyl sites for hydroxylation is 1. The van der Waals surface area contributed by atoms with Gasteiger partial charge in [0.2, 0.25) is 17.7 Å². The topological polar surface area (TPSA) is 60.9 Å². The fourth-order valence-corrected chi connectivity index (χ4v) is 5.82. The zero-order chi connectivity index (χ0) is 24.2. The highest BCUT2D eigenvalue weighted by Gasteiger charge is 2.36. The first-order valence-electron chi connectivity index (χ1n) is 13.1. The normalized spacial score (nSPS) is 19.0. The number of amides is 3. The van der Waals surface area contributed by atoms with E-state index in [1.807, 2.05) is 51.1 Å². The van der Waals surface area contributed by atoms with Crippen LogP contribution in [0, 0.1) is 11.8 Å². The summed E-state index contributed by atoms with van der Waals surface area (Å²) < 4.78 is 0. The summed E-state index contributed by atoms with van der Waals surface area (Å²) in [6, 6.07) is 18.3. The molecule has 3 amide bonds. The van der Waals surface area contributed by atoms with Gasteiger partial charge in [-0.25, -0.2) is 0 Å². The molecule has 6 nitrogen and oxygen atoms in total. The van der Waals surface area contributed by atoms with Gasteiger partial charge in [-0.3, -0.25) is 14.4 Å². The van der Waals surface area contributed by atoms with Crippen LogP contribution in [0.3, 0.4) is 0 Å². The van der Waals surface area contributed by atoms with Crippen molar-refractivity contribution in [3.05, 3.63) is 65.7 Å². The van der Waals surface area contributed by atoms with Crippen LogP contribution in [0.5, 0.6) is 0 Å². The van der Waals surface area contributed by atoms with Crippen LogP contribution in [-0.4, -0.2) is 60.2 Å². The number of rotatable bonds is 5. The molecule has 0 radical (unpaired) electrons. The lowest BCUT2D eigenvalue weighted by Crippen LogP contribution is -2.48. The molecule has 0 saturated carbocycles. The minimum atomic E-state index is -0.00844. The first-order chi connectivity index (χ1) is 17.1. The van der Waals surface area contributed by atoms with Gasteiger partial charge in [-0.2, -0.15) is 0 Å². The molecule has 0 spiro atoms. The van der Waals surface area contributed by atoms with Crippen LogP contribution in [0.25, 0.3) is 0 Å². The van der Waals surface area contributed by atoms with Crippen molar-refractivity contribution >= 4 is 23.4 Å². The third-order valence-corrected chi connectivity index (χ3v) is 7.98. The molecule has 3 aliphatic rings. The summed E-state index contributed by atoms with van der Waals surface area (Å²) in [7, 11) is 0. The van der Waals surface area contributed by atoms with Gasteiger partial charge in [0.1, 0.15) is 0 Å². The van der Waals surface area contributed by atoms with Gasteiger partial charge in [-0.1, -0.05) is 48.5 Å². The molecule has 6 heteroatoms. The second-order valence-corrected chi connectivity index (χ2v) is 10.1. The number of carbonyl (C=O) groups is 3. The summed E-state index contributed by atoms with van der Waals surface area (Å²) in [5, 5.41) is 0. The van der Waals surface area contributed by atoms with Gasteiger partial charge >= 0.3 is 0 Å². The third kappa shape index (κ3) is 5.26. The Balaban J connectivity index is 1.06. The summed E-state index contributed by atoms with van der Waals surface area (Å²) in [4.78, 5) is 44.8. The van der Waals surface area contributed by atoms with E-state index in [2.05, 4.69) is 18.2 Å². The zero-order valence-corrected chi connectivity index (χ0v) is 20.4. The van der Waals surface area contributed by atoms with Crippen molar-refractivity contribution in [1.82, 2.24) is 9.80 Å². The van der Waals surface area contributed by atoms with E-state index >= 15 is 0 Å². The number of nitrogens with zero attached hydrogens (tertiary/aromatic N) is 3. The number of carbonyl (C=O) groups excluding carboxylic acids is 3. The Bertz CT molecular complexity index is 1050. The highest BCUT2D eigenvalue weighted by Crippen LogP contribution is 2.31. The molecule has 0 aliphatic carbocycles. The molecule has 0 bridgehead atoms. The van der Waals surface area contributed by atoms with Crippen molar-refractivity contribution < 1.29 is 14.4 Å². The van der Waals surface area contributed by atoms with Gasteiger partial charge in [-0.05, 0) is 55.7 Å². The quantitative estimate of drug-likeness (QED) is 0.666. The predicted molar refractivity (Wildman–Crippen MR) is 136 cm³/mol. The Labute approximate surface area is 207 Å². The molecule has 3 heterocycles. The maximum atomic E-state index is 13.2. The maximum absolute atomic E-state index is 13.2. The smallest absolute Gasteiger partial charge is 0.230 e. The molecule has 3 aliphatic heterocycles. The van der Waals surface area contributed by atoms with Crippen molar-refractivity contribution in [2.45, 2.75) is 44.9 Å². The van der Waals surface area contributed by atoms with Gasteiger partial charge < -0.3 is 14.7 Å². The summed E-state index contributed by atoms with van der Waals surface area (Å²) in [6.07, 6.45) is 5.15. The lowest BCUT2D eigenvalue weighted by Gasteiger charge is -2.37. The Kier molecular flexibility index (Phi) is 7.16. The van der Waals surface area contributed by atoms with E-state index in [4.69, 9.17) is 0 Å². The average molecular weight is 474 g/mol. The number of anilines is 1. The monoisotopic (exact) mass is 473 g/mol. The van der Waals surface area contributed by atoms with Crippen LogP contribution in [0.15, 0.2) is 54.6 Å². The number of fused-ring (bicyclic) bond motifs is 1. The van der Waals surface area contributed by atoms with E-state index in [0.717, 1.165) is 50.8 Å². The fourth-order valence-electron chi connectivity index (χ4n) is 5.82. The molecular formula is C29H35N3O3. The SMILES string of the molecule is O=C(CCc1ccccc1)N1CCC(C(=O)N2CCC(C(=O)N3CCc4ccccc43)CC2)CC1. The van der Waals surface area contributed by atoms with Gasteiger partial charge in [0.15, 0.2) is 0 Å². The first kappa shape index (κ1) is 23.6. The lowest BCUT2D eigenvalue weighted by molar-refractivity contribution is -0.142. The number of hydrogen-bond acceptors (Lipinski definition) is 3. The van der Waals surface area contributed by atoms with Crippen LogP contribution in [-0.2, 0) is 27.2 Å². The number of hydrogen-bond donors (Lipinski definition) is 0. The van der Waals surface area contributed by atoms with Crippen LogP contribution >= 0.6 is 0 Å². The van der Waals surface area contributed by atoms with Crippen LogP contribution in [0.1, 0.15) is 43.2 Å². The summed E-state index contributed by atoms with van der Waals surface area (Å²) in [5.74, 6) is 0.589. The lowest BCUT2D eigenvalue weighted by atomic mass is 9.91. The van der Waals surface area contributed by atoms with Crippen molar-refractivity contribution in [2.75, 3.05) is 37.6 Å². The number of para-hydroxylation sites is 1. The van der Waals surface area contributed by atoms with Crippen molar-refractivity contribution in [2.24, 2.45) is 11.8 Å². The maximum Gasteiger partial charge on any atom is 0.230 e. The molecule has 5 rings (SSSR count). The van der Waals surface area contributed by atoms with Crippen molar-refractivity contribution in [1.29, 1.82) is 0 Å². The molecule has 35 heavy (non-hydrogen) atoms. The Hall–Kier alpha value is -3.15. The largest absolute Gasteiger partial charge is 0.343 e. The van der Waals surface area contributed by atoms with Crippen LogP contribution in [0.2, 0.25) is 0 Å². The number of piperidine rings is 2. The first-order valence-corrected chi connectivity index (χ1v) is 13.1. The molecule has 184 valence electrons. The number of likely N-dealkylation sites (tertiary alicyclic amines) is 2. The van der Waals surface area contributed by atoms with Crippen molar-refractivity contribution in [3.63, 3.8) is 0 Å². The highest BCUT2D eigenvalue weighted by molar-refractivity contribution is 5.97. The molecule has 2 aromatic rings. The Morgan fingerprint density at radius 1 is 0.686 bits per heavy atom. The van der Waals surface area contributed by atoms with Gasteiger partial charge in [0, 0.05) is 56.7 Å². The van der Waals surface area contributed by atoms with Crippen LogP contribution < -0.4 is 4.90 Å². The van der Waals surface area contributed by atoms with E-state index in [9.17, 15) is 14.4 Å². The minimum Gasteiger partial charge on any atom is -0.343 e. The third-order valence-electron chi connectivity index (χ3n) is 7.98. The standard InChI is InChI=1S/C29H35N3O3/c33-27(11-10-22-6-2-1-3-7-22)30-17-12-24(13-18-30)28(34)31-19-14-25(15-20-31)29(35)32-21-16-23-8-4-5-9-26(23)32/h1-9,24-25H,10-21H2. The van der Waals surface area contributed by atoms with Crippen LogP contribution in [0.4, 0.5) is 5.69 Å². The molecule has 0 unspecified atom stereocenters. The molecule has 2 saturated heterocycles. The molecule has 2 aromatic carbocycles. The highest BCUT2D eigenvalue weighted by atomic mass is 16.2. The number of benzene rings is 2. The molecule has 0 N–H and O–H groups in total. The van der Waals surface area contributed by atoms with E-state index < -0.39 is 0 Å². The van der Waals surface area contributed by atoms with E-state index in [1.54, 1.807) is 0 Å². The Morgan fingerprint density at radius 3 is 2.00 bits per heavy atom. The predicted octanol–water partition coefficient (Wildman–Crippen LogP) is 3.69. The van der Waals surface area contributed by atoms with Gasteiger partial charge in [-0.15, -0.1) is 0 Å². The van der Waals surface area contributed by atoms with E-state index in [-0.39, 0.29) is 29.6 Å². The summed E-state index contributed by atoms with van der Waals surface area (Å²) in [5.41, 5.74) is 3.49. The van der Waals surface area contributed by atoms with E-state index in [1.165, 1.54) is 11.1 Å². The fraction of sp³-hybridized carbons (Fsp3) is 0.483. The molecule has 0 aromatic heterocycles. The second-order valence-electron chi connectivity index (χ2n) is 10.1. The Morgan fingerprint density at radius 2 is 1.29 bits per heavy atom. The molecule has 0 atom stereocenters. The van der Waals surface area contributed by atoms with Gasteiger partial charge in [0.25, 0.3) is 0 Å². The minimum absolute atomic E-state index is 0.00529.